The van der Waals surface area contributed by atoms with E-state index in [4.69, 9.17) is 0 Å². The molecule has 0 spiro atoms. The highest BCUT2D eigenvalue weighted by Gasteiger charge is 2.32. The number of nitrogens with zero attached hydrogens (tertiary/aromatic N) is 1. The van der Waals surface area contributed by atoms with Gasteiger partial charge in [0.1, 0.15) is 17.6 Å². The number of carbonyl (C=O) groups excluding carboxylic acids is 1. The molecule has 29 heavy (non-hydrogen) atoms. The first kappa shape index (κ1) is 20.7. The second-order valence-electron chi connectivity index (χ2n) is 6.66. The van der Waals surface area contributed by atoms with Crippen LogP contribution in [0.15, 0.2) is 58.4 Å². The van der Waals surface area contributed by atoms with Crippen LogP contribution in [0.3, 0.4) is 0 Å². The summed E-state index contributed by atoms with van der Waals surface area (Å²) in [6, 6.07) is 11.0. The number of fused-ring (bicyclic) bond motifs is 1. The van der Waals surface area contributed by atoms with Crippen LogP contribution in [-0.4, -0.2) is 32.8 Å². The van der Waals surface area contributed by atoms with Crippen LogP contribution in [0.4, 0.5) is 14.5 Å². The van der Waals surface area contributed by atoms with Crippen molar-refractivity contribution in [1.82, 2.24) is 4.72 Å². The average molecular weight is 423 g/mol. The van der Waals surface area contributed by atoms with Crippen molar-refractivity contribution < 1.29 is 26.7 Å². The van der Waals surface area contributed by atoms with Gasteiger partial charge in [-0.1, -0.05) is 26.0 Å². The summed E-state index contributed by atoms with van der Waals surface area (Å²) in [7, 11) is -3.71. The Hall–Kier alpha value is -3.01. The van der Waals surface area contributed by atoms with E-state index in [0.717, 1.165) is 0 Å². The highest BCUT2D eigenvalue weighted by atomic mass is 32.2. The van der Waals surface area contributed by atoms with Crippen molar-refractivity contribution in [2.24, 2.45) is 10.9 Å². The number of alkyl halides is 2. The van der Waals surface area contributed by atoms with Crippen LogP contribution < -0.4 is 14.8 Å². The number of amidine groups is 1. The fraction of sp³-hybridized carbons (Fsp3) is 0.263. The Bertz CT molecular complexity index is 1040. The predicted octanol–water partition coefficient (Wildman–Crippen LogP) is 2.99. The molecular formula is C19H19F2N3O4S. The third-order valence-corrected chi connectivity index (χ3v) is 5.58. The quantitative estimate of drug-likeness (QED) is 0.747. The number of carbonyl (C=O) groups is 1. The van der Waals surface area contributed by atoms with Gasteiger partial charge in [0, 0.05) is 11.3 Å². The molecule has 10 heteroatoms. The van der Waals surface area contributed by atoms with Crippen molar-refractivity contribution >= 4 is 27.5 Å². The molecule has 0 aliphatic carbocycles. The molecule has 1 atom stereocenters. The maximum atomic E-state index is 12.7. The molecule has 1 heterocycles. The highest BCUT2D eigenvalue weighted by Crippen LogP contribution is 2.24. The SMILES string of the molecule is CC(C)C(N=C1NS(=O)(=O)c2ccccc21)C(=O)Nc1ccc(OC(F)F)cc1. The van der Waals surface area contributed by atoms with Crippen molar-refractivity contribution in [2.45, 2.75) is 31.4 Å². The van der Waals surface area contributed by atoms with Gasteiger partial charge in [0.05, 0.1) is 4.90 Å². The minimum Gasteiger partial charge on any atom is -0.435 e. The van der Waals surface area contributed by atoms with Crippen LogP contribution in [0, 0.1) is 5.92 Å². The molecule has 0 fully saturated rings. The number of hydrogen-bond donors (Lipinski definition) is 2. The van der Waals surface area contributed by atoms with Gasteiger partial charge in [0.25, 0.3) is 10.0 Å². The fourth-order valence-electron chi connectivity index (χ4n) is 2.82. The lowest BCUT2D eigenvalue weighted by Crippen LogP contribution is -2.34. The molecular weight excluding hydrogens is 404 g/mol. The van der Waals surface area contributed by atoms with Crippen molar-refractivity contribution in [3.05, 3.63) is 54.1 Å². The van der Waals surface area contributed by atoms with Crippen molar-refractivity contribution in [3.63, 3.8) is 0 Å². The van der Waals surface area contributed by atoms with Gasteiger partial charge in [-0.3, -0.25) is 14.5 Å². The third kappa shape index (κ3) is 4.70. The average Bonchev–Trinajstić information content (AvgIpc) is 2.91. The Kier molecular flexibility index (Phi) is 5.83. The smallest absolute Gasteiger partial charge is 0.387 e. The van der Waals surface area contributed by atoms with Gasteiger partial charge in [-0.15, -0.1) is 0 Å². The molecule has 0 radical (unpaired) electrons. The van der Waals surface area contributed by atoms with Crippen molar-refractivity contribution in [2.75, 3.05) is 5.32 Å². The Morgan fingerprint density at radius 1 is 1.10 bits per heavy atom. The first-order valence-electron chi connectivity index (χ1n) is 8.73. The molecule has 1 aliphatic rings. The first-order chi connectivity index (χ1) is 13.7. The van der Waals surface area contributed by atoms with Gasteiger partial charge < -0.3 is 10.1 Å². The lowest BCUT2D eigenvalue weighted by Gasteiger charge is -2.17. The van der Waals surface area contributed by atoms with Crippen LogP contribution in [0.5, 0.6) is 5.75 Å². The minimum absolute atomic E-state index is 0.0318. The number of hydrogen-bond acceptors (Lipinski definition) is 5. The summed E-state index contributed by atoms with van der Waals surface area (Å²) in [5.74, 6) is -0.620. The molecule has 154 valence electrons. The van der Waals surface area contributed by atoms with Gasteiger partial charge in [0.2, 0.25) is 5.91 Å². The van der Waals surface area contributed by atoms with Gasteiger partial charge >= 0.3 is 6.61 Å². The summed E-state index contributed by atoms with van der Waals surface area (Å²) in [5, 5.41) is 2.66. The van der Waals surface area contributed by atoms with Crippen LogP contribution >= 0.6 is 0 Å². The Balaban J connectivity index is 1.82. The van der Waals surface area contributed by atoms with E-state index in [1.807, 2.05) is 0 Å². The van der Waals surface area contributed by atoms with E-state index in [9.17, 15) is 22.0 Å². The molecule has 1 aliphatic heterocycles. The van der Waals surface area contributed by atoms with Crippen LogP contribution in [-0.2, 0) is 14.8 Å². The number of rotatable bonds is 6. The zero-order chi connectivity index (χ0) is 21.2. The zero-order valence-corrected chi connectivity index (χ0v) is 16.4. The minimum atomic E-state index is -3.71. The number of anilines is 1. The van der Waals surface area contributed by atoms with E-state index in [-0.39, 0.29) is 22.4 Å². The third-order valence-electron chi connectivity index (χ3n) is 4.18. The largest absolute Gasteiger partial charge is 0.435 e. The van der Waals surface area contributed by atoms with E-state index in [1.54, 1.807) is 32.0 Å². The zero-order valence-electron chi connectivity index (χ0n) is 15.6. The molecule has 2 N–H and O–H groups in total. The molecule has 1 amide bonds. The lowest BCUT2D eigenvalue weighted by atomic mass is 10.0. The molecule has 2 aromatic rings. The van der Waals surface area contributed by atoms with Crippen molar-refractivity contribution in [1.29, 1.82) is 0 Å². The van der Waals surface area contributed by atoms with E-state index in [0.29, 0.717) is 11.3 Å². The molecule has 0 bridgehead atoms. The van der Waals surface area contributed by atoms with Crippen LogP contribution in [0.25, 0.3) is 0 Å². The maximum absolute atomic E-state index is 12.7. The molecule has 0 aromatic heterocycles. The van der Waals surface area contributed by atoms with Gasteiger partial charge in [-0.25, -0.2) is 8.42 Å². The fourth-order valence-corrected chi connectivity index (χ4v) is 4.05. The number of benzene rings is 2. The monoisotopic (exact) mass is 423 g/mol. The second kappa shape index (κ2) is 8.16. The normalized spacial score (nSPS) is 17.1. The summed E-state index contributed by atoms with van der Waals surface area (Å²) in [4.78, 5) is 17.2. The molecule has 7 nitrogen and oxygen atoms in total. The maximum Gasteiger partial charge on any atom is 0.387 e. The number of nitrogens with one attached hydrogen (secondary N) is 2. The number of sulfonamides is 1. The molecule has 2 aromatic carbocycles. The standard InChI is InChI=1S/C19H19F2N3O4S/c1-11(2)16(18(25)22-12-7-9-13(10-8-12)28-19(20)21)23-17-14-5-3-4-6-15(14)29(26,27)24-17/h3-11,16,19H,1-2H3,(H,22,25)(H,23,24). The van der Waals surface area contributed by atoms with Crippen LogP contribution in [0.1, 0.15) is 19.4 Å². The molecule has 1 unspecified atom stereocenters. The Labute approximate surface area is 166 Å². The van der Waals surface area contributed by atoms with Gasteiger partial charge in [-0.2, -0.15) is 8.78 Å². The summed E-state index contributed by atoms with van der Waals surface area (Å²) in [5.41, 5.74) is 0.773. The van der Waals surface area contributed by atoms with E-state index >= 15 is 0 Å². The highest BCUT2D eigenvalue weighted by molar-refractivity contribution is 7.90. The van der Waals surface area contributed by atoms with E-state index in [1.165, 1.54) is 30.3 Å². The number of aliphatic imine (C=N–C) groups is 1. The topological polar surface area (TPSA) is 96.9 Å². The van der Waals surface area contributed by atoms with Crippen molar-refractivity contribution in [3.8, 4) is 5.75 Å². The predicted molar refractivity (Wildman–Crippen MR) is 104 cm³/mol. The summed E-state index contributed by atoms with van der Waals surface area (Å²) >= 11 is 0. The van der Waals surface area contributed by atoms with Crippen LogP contribution in [0.2, 0.25) is 0 Å². The van der Waals surface area contributed by atoms with E-state index in [2.05, 4.69) is 19.8 Å². The van der Waals surface area contributed by atoms with E-state index < -0.39 is 28.6 Å². The number of halogens is 2. The lowest BCUT2D eigenvalue weighted by molar-refractivity contribution is -0.118. The summed E-state index contributed by atoms with van der Waals surface area (Å²) in [6.45, 7) is 0.626. The molecule has 0 saturated heterocycles. The molecule has 0 saturated carbocycles. The molecule has 3 rings (SSSR count). The van der Waals surface area contributed by atoms with Gasteiger partial charge in [-0.05, 0) is 42.3 Å². The first-order valence-corrected chi connectivity index (χ1v) is 10.2. The second-order valence-corrected chi connectivity index (χ2v) is 8.31. The summed E-state index contributed by atoms with van der Waals surface area (Å²) < 4.78 is 55.5. The summed E-state index contributed by atoms with van der Waals surface area (Å²) in [6.07, 6.45) is 0. The Morgan fingerprint density at radius 2 is 1.76 bits per heavy atom. The number of amides is 1. The Morgan fingerprint density at radius 3 is 2.38 bits per heavy atom. The number of ether oxygens (including phenoxy) is 1. The van der Waals surface area contributed by atoms with Gasteiger partial charge in [0.15, 0.2) is 0 Å².